The minimum absolute atomic E-state index is 0.193. The number of unbranched alkanes of at least 4 members (excludes halogenated alkanes) is 1. The summed E-state index contributed by atoms with van der Waals surface area (Å²) in [4.78, 5) is 11.7. The lowest BCUT2D eigenvalue weighted by atomic mass is 10.1. The molecule has 0 aliphatic rings. The molecule has 2 N–H and O–H groups in total. The molecule has 112 valence electrons. The van der Waals surface area contributed by atoms with Crippen LogP contribution in [0.2, 0.25) is 0 Å². The van der Waals surface area contributed by atoms with Crippen LogP contribution < -0.4 is 5.73 Å². The van der Waals surface area contributed by atoms with Crippen LogP contribution in [0.4, 0.5) is 0 Å². The molecule has 4 nitrogen and oxygen atoms in total. The molecule has 0 spiro atoms. The van der Waals surface area contributed by atoms with Crippen molar-refractivity contribution >= 4 is 5.97 Å². The van der Waals surface area contributed by atoms with E-state index in [4.69, 9.17) is 15.2 Å². The maximum atomic E-state index is 11.7. The molecule has 0 saturated carbocycles. The number of rotatable bonds is 5. The summed E-state index contributed by atoms with van der Waals surface area (Å²) in [7, 11) is 0. The van der Waals surface area contributed by atoms with Crippen LogP contribution >= 0.6 is 0 Å². The van der Waals surface area contributed by atoms with Crippen LogP contribution in [0, 0.1) is 23.7 Å². The van der Waals surface area contributed by atoms with Gasteiger partial charge in [-0.15, -0.1) is 0 Å². The van der Waals surface area contributed by atoms with Crippen molar-refractivity contribution in [2.75, 3.05) is 6.61 Å². The van der Waals surface area contributed by atoms with Crippen molar-refractivity contribution < 1.29 is 14.3 Å². The molecule has 0 heterocycles. The van der Waals surface area contributed by atoms with Gasteiger partial charge in [-0.1, -0.05) is 18.8 Å². The predicted molar refractivity (Wildman–Crippen MR) is 79.7 cm³/mol. The van der Waals surface area contributed by atoms with Crippen LogP contribution in [0.3, 0.4) is 0 Å². The van der Waals surface area contributed by atoms with E-state index in [0.717, 1.165) is 12.8 Å². The first-order valence-corrected chi connectivity index (χ1v) is 6.83. The summed E-state index contributed by atoms with van der Waals surface area (Å²) < 4.78 is 10.6. The second kappa shape index (κ2) is 9.42. The van der Waals surface area contributed by atoms with Gasteiger partial charge in [0.2, 0.25) is 0 Å². The fourth-order valence-electron chi connectivity index (χ4n) is 1.15. The highest BCUT2D eigenvalue weighted by atomic mass is 16.6. The van der Waals surface area contributed by atoms with Crippen LogP contribution in [0.5, 0.6) is 0 Å². The van der Waals surface area contributed by atoms with E-state index in [2.05, 4.69) is 30.6 Å². The van der Waals surface area contributed by atoms with Crippen LogP contribution in [0.25, 0.3) is 0 Å². The summed E-state index contributed by atoms with van der Waals surface area (Å²) in [6, 6.07) is -0.817. The number of carbonyl (C=O) groups is 1. The fourth-order valence-corrected chi connectivity index (χ4v) is 1.15. The van der Waals surface area contributed by atoms with Gasteiger partial charge >= 0.3 is 5.97 Å². The van der Waals surface area contributed by atoms with Gasteiger partial charge in [-0.05, 0) is 46.0 Å². The van der Waals surface area contributed by atoms with Crippen LogP contribution in [0.1, 0.15) is 47.5 Å². The lowest BCUT2D eigenvalue weighted by Gasteiger charge is -2.24. The van der Waals surface area contributed by atoms with E-state index in [9.17, 15) is 4.79 Å². The molecule has 0 unspecified atom stereocenters. The van der Waals surface area contributed by atoms with Gasteiger partial charge in [-0.2, -0.15) is 0 Å². The molecule has 0 aromatic heterocycles. The SMILES string of the molecule is CCCC#CC#CCO[C@H](C)[C@H](N)C(=O)OC(C)(C)C. The minimum Gasteiger partial charge on any atom is -0.459 e. The average Bonchev–Trinajstić information content (AvgIpc) is 2.34. The van der Waals surface area contributed by atoms with Gasteiger partial charge in [0, 0.05) is 6.42 Å². The van der Waals surface area contributed by atoms with Crippen molar-refractivity contribution in [3.63, 3.8) is 0 Å². The minimum atomic E-state index is -0.817. The van der Waals surface area contributed by atoms with Crippen molar-refractivity contribution in [1.82, 2.24) is 0 Å². The van der Waals surface area contributed by atoms with Crippen LogP contribution in [0.15, 0.2) is 0 Å². The molecular weight excluding hydrogens is 254 g/mol. The normalized spacial score (nSPS) is 13.3. The van der Waals surface area contributed by atoms with Gasteiger partial charge in [0.25, 0.3) is 0 Å². The number of hydrogen-bond acceptors (Lipinski definition) is 4. The van der Waals surface area contributed by atoms with Gasteiger partial charge in [-0.25, -0.2) is 0 Å². The number of esters is 1. The molecule has 0 amide bonds. The van der Waals surface area contributed by atoms with E-state index in [1.807, 2.05) is 0 Å². The maximum Gasteiger partial charge on any atom is 0.326 e. The highest BCUT2D eigenvalue weighted by molar-refractivity contribution is 5.76. The zero-order chi connectivity index (χ0) is 15.6. The average molecular weight is 279 g/mol. The third-order valence-corrected chi connectivity index (χ3v) is 2.22. The van der Waals surface area contributed by atoms with E-state index in [0.29, 0.717) is 0 Å². The van der Waals surface area contributed by atoms with Crippen molar-refractivity contribution in [1.29, 1.82) is 0 Å². The molecule has 0 fully saturated rings. The molecule has 0 radical (unpaired) electrons. The highest BCUT2D eigenvalue weighted by Crippen LogP contribution is 2.09. The number of ether oxygens (including phenoxy) is 2. The summed E-state index contributed by atoms with van der Waals surface area (Å²) in [5.74, 6) is 10.6. The van der Waals surface area contributed by atoms with Crippen molar-refractivity contribution in [3.8, 4) is 23.7 Å². The second-order valence-corrected chi connectivity index (χ2v) is 5.43. The molecule has 0 aromatic rings. The van der Waals surface area contributed by atoms with Crippen LogP contribution in [-0.2, 0) is 14.3 Å². The fraction of sp³-hybridized carbons (Fsp3) is 0.688. The molecule has 0 bridgehead atoms. The van der Waals surface area contributed by atoms with E-state index < -0.39 is 23.7 Å². The Kier molecular flexibility index (Phi) is 8.72. The summed E-state index contributed by atoms with van der Waals surface area (Å²) in [5.41, 5.74) is 5.22. The predicted octanol–water partition coefficient (Wildman–Crippen LogP) is 1.87. The molecule has 20 heavy (non-hydrogen) atoms. The Balaban J connectivity index is 4.12. The Morgan fingerprint density at radius 3 is 2.40 bits per heavy atom. The zero-order valence-corrected chi connectivity index (χ0v) is 13.1. The molecule has 0 aromatic carbocycles. The van der Waals surface area contributed by atoms with E-state index in [-0.39, 0.29) is 6.61 Å². The third-order valence-electron chi connectivity index (χ3n) is 2.22. The number of nitrogens with two attached hydrogens (primary N) is 1. The summed E-state index contributed by atoms with van der Waals surface area (Å²) in [5, 5.41) is 0. The topological polar surface area (TPSA) is 61.5 Å². The largest absolute Gasteiger partial charge is 0.459 e. The second-order valence-electron chi connectivity index (χ2n) is 5.43. The van der Waals surface area contributed by atoms with Gasteiger partial charge in [0.1, 0.15) is 18.2 Å². The first kappa shape index (κ1) is 18.5. The molecule has 0 rings (SSSR count). The first-order chi connectivity index (χ1) is 9.28. The molecular formula is C16H25NO3. The van der Waals surface area contributed by atoms with E-state index in [1.54, 1.807) is 27.7 Å². The Morgan fingerprint density at radius 1 is 1.25 bits per heavy atom. The Bertz CT molecular complexity index is 415. The van der Waals surface area contributed by atoms with Gasteiger partial charge in [-0.3, -0.25) is 4.79 Å². The van der Waals surface area contributed by atoms with Gasteiger partial charge in [0.15, 0.2) is 0 Å². The molecule has 2 atom stereocenters. The van der Waals surface area contributed by atoms with Crippen molar-refractivity contribution in [3.05, 3.63) is 0 Å². The lowest BCUT2D eigenvalue weighted by molar-refractivity contribution is -0.159. The van der Waals surface area contributed by atoms with Crippen molar-refractivity contribution in [2.24, 2.45) is 5.73 Å². The Labute approximate surface area is 122 Å². The van der Waals surface area contributed by atoms with E-state index >= 15 is 0 Å². The standard InChI is InChI=1S/C16H25NO3/c1-6-7-8-9-10-11-12-19-13(2)14(17)15(18)20-16(3,4)5/h13-14H,6-7,12,17H2,1-5H3/t13-,14+/m1/s1. The molecule has 0 aliphatic carbocycles. The van der Waals surface area contributed by atoms with Crippen molar-refractivity contribution in [2.45, 2.75) is 65.2 Å². The molecule has 0 saturated heterocycles. The number of carbonyl (C=O) groups excluding carboxylic acids is 1. The quantitative estimate of drug-likeness (QED) is 0.616. The maximum absolute atomic E-state index is 11.7. The summed E-state index contributed by atoms with van der Waals surface area (Å²) in [6.07, 6.45) is 1.41. The third kappa shape index (κ3) is 9.44. The van der Waals surface area contributed by atoms with Gasteiger partial charge in [0.05, 0.1) is 6.10 Å². The summed E-state index contributed by atoms with van der Waals surface area (Å²) in [6.45, 7) is 9.36. The van der Waals surface area contributed by atoms with E-state index in [1.165, 1.54) is 0 Å². The smallest absolute Gasteiger partial charge is 0.326 e. The lowest BCUT2D eigenvalue weighted by Crippen LogP contribution is -2.45. The first-order valence-electron chi connectivity index (χ1n) is 6.83. The summed E-state index contributed by atoms with van der Waals surface area (Å²) >= 11 is 0. The highest BCUT2D eigenvalue weighted by Gasteiger charge is 2.26. The van der Waals surface area contributed by atoms with Gasteiger partial charge < -0.3 is 15.2 Å². The monoisotopic (exact) mass is 279 g/mol. The Hall–Kier alpha value is -1.49. The van der Waals surface area contributed by atoms with Crippen LogP contribution in [-0.4, -0.2) is 30.3 Å². The molecule has 4 heteroatoms. The Morgan fingerprint density at radius 2 is 1.85 bits per heavy atom. The molecule has 0 aliphatic heterocycles. The zero-order valence-electron chi connectivity index (χ0n) is 13.1. The number of hydrogen-bond donors (Lipinski definition) is 1.